The maximum Gasteiger partial charge on any atom is 0.223 e. The second-order valence-corrected chi connectivity index (χ2v) is 6.90. The van der Waals surface area contributed by atoms with Crippen LogP contribution in [-0.4, -0.2) is 28.8 Å². The Hall–Kier alpha value is -2.14. The summed E-state index contributed by atoms with van der Waals surface area (Å²) in [6, 6.07) is 10.3. The normalized spacial score (nSPS) is 25.1. The number of benzene rings is 1. The number of ether oxygens (including phenoxy) is 1. The van der Waals surface area contributed by atoms with E-state index >= 15 is 0 Å². The van der Waals surface area contributed by atoms with Gasteiger partial charge in [0.1, 0.15) is 6.10 Å². The largest absolute Gasteiger partial charge is 0.370 e. The molecule has 2 aromatic rings. The third-order valence-corrected chi connectivity index (χ3v) is 4.96. The van der Waals surface area contributed by atoms with E-state index < -0.39 is 0 Å². The second kappa shape index (κ2) is 6.40. The maximum atomic E-state index is 12.0. The van der Waals surface area contributed by atoms with Gasteiger partial charge in [0, 0.05) is 18.7 Å². The van der Waals surface area contributed by atoms with Gasteiger partial charge in [-0.3, -0.25) is 9.48 Å². The van der Waals surface area contributed by atoms with Gasteiger partial charge in [0.2, 0.25) is 5.91 Å². The molecule has 4 rings (SSSR count). The molecule has 1 N–H and O–H groups in total. The molecule has 24 heavy (non-hydrogen) atoms. The maximum absolute atomic E-state index is 12.0. The molecule has 2 heterocycles. The summed E-state index contributed by atoms with van der Waals surface area (Å²) in [5.41, 5.74) is 3.43. The van der Waals surface area contributed by atoms with Gasteiger partial charge in [-0.2, -0.15) is 5.10 Å². The number of nitrogens with one attached hydrogen (secondary N) is 1. The highest BCUT2D eigenvalue weighted by Gasteiger charge is 2.39. The zero-order valence-electron chi connectivity index (χ0n) is 13.9. The molecule has 0 unspecified atom stereocenters. The SMILES string of the molecule is C[C@@H]1C[C@H]1C(=O)NC[C@H]1OCCc2cn(Cc3ccccc3)nc21. The first-order valence-electron chi connectivity index (χ1n) is 8.70. The average molecular weight is 325 g/mol. The number of carbonyl (C=O) groups excluding carboxylic acids is 1. The van der Waals surface area contributed by atoms with E-state index in [4.69, 9.17) is 9.84 Å². The Bertz CT molecular complexity index is 725. The van der Waals surface area contributed by atoms with Gasteiger partial charge in [-0.05, 0) is 29.9 Å². The van der Waals surface area contributed by atoms with Crippen molar-refractivity contribution in [3.8, 4) is 0 Å². The van der Waals surface area contributed by atoms with Crippen molar-refractivity contribution >= 4 is 5.91 Å². The molecule has 0 saturated heterocycles. The molecule has 2 aliphatic rings. The fourth-order valence-electron chi connectivity index (χ4n) is 3.35. The minimum absolute atomic E-state index is 0.135. The van der Waals surface area contributed by atoms with Crippen molar-refractivity contribution in [1.29, 1.82) is 0 Å². The van der Waals surface area contributed by atoms with E-state index in [1.807, 2.05) is 22.9 Å². The van der Waals surface area contributed by atoms with Crippen LogP contribution in [0, 0.1) is 11.8 Å². The van der Waals surface area contributed by atoms with Crippen molar-refractivity contribution < 1.29 is 9.53 Å². The van der Waals surface area contributed by atoms with Crippen LogP contribution in [0.15, 0.2) is 36.5 Å². The van der Waals surface area contributed by atoms with Crippen LogP contribution < -0.4 is 5.32 Å². The van der Waals surface area contributed by atoms with E-state index in [1.165, 1.54) is 11.1 Å². The standard InChI is InChI=1S/C19H23N3O2/c1-13-9-16(13)19(23)20-10-17-18-15(7-8-24-17)12-22(21-18)11-14-5-3-2-4-6-14/h2-6,12-13,16-17H,7-11H2,1H3,(H,20,23)/t13-,16-,17-/m1/s1. The van der Waals surface area contributed by atoms with Gasteiger partial charge >= 0.3 is 0 Å². The van der Waals surface area contributed by atoms with Gasteiger partial charge in [0.15, 0.2) is 0 Å². The first kappa shape index (κ1) is 15.4. The van der Waals surface area contributed by atoms with Crippen LogP contribution in [0.3, 0.4) is 0 Å². The molecule has 3 atom stereocenters. The molecule has 0 spiro atoms. The number of aromatic nitrogens is 2. The zero-order chi connectivity index (χ0) is 16.5. The number of carbonyl (C=O) groups is 1. The van der Waals surface area contributed by atoms with Crippen LogP contribution in [0.1, 0.15) is 36.3 Å². The van der Waals surface area contributed by atoms with Crippen molar-refractivity contribution in [1.82, 2.24) is 15.1 Å². The van der Waals surface area contributed by atoms with Crippen LogP contribution in [0.4, 0.5) is 0 Å². The zero-order valence-corrected chi connectivity index (χ0v) is 13.9. The number of rotatable bonds is 5. The number of amides is 1. The third kappa shape index (κ3) is 3.22. The van der Waals surface area contributed by atoms with E-state index in [9.17, 15) is 4.79 Å². The van der Waals surface area contributed by atoms with Crippen molar-refractivity contribution in [3.05, 3.63) is 53.3 Å². The number of fused-ring (bicyclic) bond motifs is 1. The molecule has 126 valence electrons. The molecule has 1 aromatic heterocycles. The highest BCUT2D eigenvalue weighted by atomic mass is 16.5. The summed E-state index contributed by atoms with van der Waals surface area (Å²) in [5.74, 6) is 0.878. The van der Waals surface area contributed by atoms with Gasteiger partial charge < -0.3 is 10.1 Å². The molecule has 5 heteroatoms. The quantitative estimate of drug-likeness (QED) is 0.918. The van der Waals surface area contributed by atoms with Crippen molar-refractivity contribution in [2.24, 2.45) is 11.8 Å². The van der Waals surface area contributed by atoms with E-state index in [1.54, 1.807) is 0 Å². The molecule has 1 aromatic carbocycles. The lowest BCUT2D eigenvalue weighted by molar-refractivity contribution is -0.123. The predicted molar refractivity (Wildman–Crippen MR) is 90.4 cm³/mol. The van der Waals surface area contributed by atoms with Crippen molar-refractivity contribution in [2.75, 3.05) is 13.2 Å². The lowest BCUT2D eigenvalue weighted by atomic mass is 10.1. The lowest BCUT2D eigenvalue weighted by Crippen LogP contribution is -2.33. The summed E-state index contributed by atoms with van der Waals surface area (Å²) in [4.78, 5) is 12.0. The molecule has 0 radical (unpaired) electrons. The van der Waals surface area contributed by atoms with Crippen molar-refractivity contribution in [3.63, 3.8) is 0 Å². The first-order chi connectivity index (χ1) is 11.7. The van der Waals surface area contributed by atoms with Crippen LogP contribution in [0.25, 0.3) is 0 Å². The summed E-state index contributed by atoms with van der Waals surface area (Å²) in [7, 11) is 0. The average Bonchev–Trinajstić information content (AvgIpc) is 3.18. The summed E-state index contributed by atoms with van der Waals surface area (Å²) in [5, 5.41) is 7.75. The van der Waals surface area contributed by atoms with Crippen LogP contribution in [-0.2, 0) is 22.5 Å². The van der Waals surface area contributed by atoms with Gasteiger partial charge in [-0.25, -0.2) is 0 Å². The Kier molecular flexibility index (Phi) is 4.10. The van der Waals surface area contributed by atoms with E-state index in [0.29, 0.717) is 19.1 Å². The molecule has 5 nitrogen and oxygen atoms in total. The third-order valence-electron chi connectivity index (χ3n) is 4.96. The molecule has 0 bridgehead atoms. The Morgan fingerprint density at radius 3 is 2.92 bits per heavy atom. The molecular formula is C19H23N3O2. The van der Waals surface area contributed by atoms with Gasteiger partial charge in [-0.1, -0.05) is 37.3 Å². The Morgan fingerprint density at radius 1 is 1.38 bits per heavy atom. The molecular weight excluding hydrogens is 302 g/mol. The number of nitrogens with zero attached hydrogens (tertiary/aromatic N) is 2. The molecule has 1 aliphatic heterocycles. The van der Waals surface area contributed by atoms with E-state index in [0.717, 1.165) is 25.1 Å². The highest BCUT2D eigenvalue weighted by Crippen LogP contribution is 2.37. The van der Waals surface area contributed by atoms with Crippen LogP contribution in [0.2, 0.25) is 0 Å². The van der Waals surface area contributed by atoms with Crippen molar-refractivity contribution in [2.45, 2.75) is 32.4 Å². The summed E-state index contributed by atoms with van der Waals surface area (Å²) >= 11 is 0. The smallest absolute Gasteiger partial charge is 0.223 e. The van der Waals surface area contributed by atoms with Crippen LogP contribution in [0.5, 0.6) is 0 Å². The Labute approximate surface area is 142 Å². The number of hydrogen-bond donors (Lipinski definition) is 1. The molecule has 1 aliphatic carbocycles. The lowest BCUT2D eigenvalue weighted by Gasteiger charge is -2.22. The van der Waals surface area contributed by atoms with Crippen LogP contribution >= 0.6 is 0 Å². The van der Waals surface area contributed by atoms with Gasteiger partial charge in [0.05, 0.1) is 18.8 Å². The first-order valence-corrected chi connectivity index (χ1v) is 8.70. The fraction of sp³-hybridized carbons (Fsp3) is 0.474. The Balaban J connectivity index is 1.43. The van der Waals surface area contributed by atoms with E-state index in [2.05, 4.69) is 30.6 Å². The van der Waals surface area contributed by atoms with E-state index in [-0.39, 0.29) is 17.9 Å². The summed E-state index contributed by atoms with van der Waals surface area (Å²) < 4.78 is 7.83. The van der Waals surface area contributed by atoms with Gasteiger partial charge in [-0.15, -0.1) is 0 Å². The summed E-state index contributed by atoms with van der Waals surface area (Å²) in [6.07, 6.45) is 3.87. The fourth-order valence-corrected chi connectivity index (χ4v) is 3.35. The Morgan fingerprint density at radius 2 is 2.17 bits per heavy atom. The molecule has 1 amide bonds. The predicted octanol–water partition coefficient (Wildman–Crippen LogP) is 2.32. The van der Waals surface area contributed by atoms with Gasteiger partial charge in [0.25, 0.3) is 0 Å². The minimum atomic E-state index is -0.135. The monoisotopic (exact) mass is 325 g/mol. The molecule has 1 fully saturated rings. The highest BCUT2D eigenvalue weighted by molar-refractivity contribution is 5.81. The second-order valence-electron chi connectivity index (χ2n) is 6.90. The topological polar surface area (TPSA) is 56.1 Å². The summed E-state index contributed by atoms with van der Waals surface area (Å²) in [6.45, 7) is 4.07. The minimum Gasteiger partial charge on any atom is -0.370 e. The number of hydrogen-bond acceptors (Lipinski definition) is 3. The molecule has 1 saturated carbocycles.